The van der Waals surface area contributed by atoms with Crippen molar-refractivity contribution in [3.05, 3.63) is 35.4 Å². The molecule has 0 amide bonds. The molecule has 1 aromatic carbocycles. The summed E-state index contributed by atoms with van der Waals surface area (Å²) in [5, 5.41) is 9.25. The SMILES string of the molecule is CC(Cc1ccc(C(C)(C)C)cc1)C(CN)CO. The lowest BCUT2D eigenvalue weighted by atomic mass is 9.85. The van der Waals surface area contributed by atoms with E-state index in [2.05, 4.69) is 52.0 Å². The van der Waals surface area contributed by atoms with Crippen molar-refractivity contribution in [2.75, 3.05) is 13.2 Å². The zero-order valence-corrected chi connectivity index (χ0v) is 12.1. The summed E-state index contributed by atoms with van der Waals surface area (Å²) in [7, 11) is 0. The van der Waals surface area contributed by atoms with Crippen molar-refractivity contribution in [2.45, 2.75) is 39.5 Å². The Morgan fingerprint density at radius 1 is 1.17 bits per heavy atom. The van der Waals surface area contributed by atoms with Crippen molar-refractivity contribution in [1.82, 2.24) is 0 Å². The molecule has 102 valence electrons. The summed E-state index contributed by atoms with van der Waals surface area (Å²) in [6, 6.07) is 8.81. The zero-order chi connectivity index (χ0) is 13.8. The van der Waals surface area contributed by atoms with Gasteiger partial charge in [-0.1, -0.05) is 52.0 Å². The first-order chi connectivity index (χ1) is 8.38. The van der Waals surface area contributed by atoms with Gasteiger partial charge in [-0.2, -0.15) is 0 Å². The van der Waals surface area contributed by atoms with Crippen LogP contribution in [0.25, 0.3) is 0 Å². The Bertz CT molecular complexity index is 346. The van der Waals surface area contributed by atoms with E-state index in [-0.39, 0.29) is 17.9 Å². The van der Waals surface area contributed by atoms with E-state index in [9.17, 15) is 5.11 Å². The molecule has 0 fully saturated rings. The van der Waals surface area contributed by atoms with E-state index in [0.717, 1.165) is 6.42 Å². The van der Waals surface area contributed by atoms with Gasteiger partial charge in [-0.05, 0) is 41.3 Å². The van der Waals surface area contributed by atoms with Gasteiger partial charge in [0.1, 0.15) is 0 Å². The van der Waals surface area contributed by atoms with Gasteiger partial charge < -0.3 is 10.8 Å². The Kier molecular flexibility index (Phi) is 5.36. The molecular formula is C16H27NO. The Morgan fingerprint density at radius 3 is 2.11 bits per heavy atom. The van der Waals surface area contributed by atoms with Crippen molar-refractivity contribution in [3.63, 3.8) is 0 Å². The maximum absolute atomic E-state index is 9.25. The highest BCUT2D eigenvalue weighted by atomic mass is 16.3. The highest BCUT2D eigenvalue weighted by molar-refractivity contribution is 5.27. The van der Waals surface area contributed by atoms with E-state index < -0.39 is 0 Å². The fraction of sp³-hybridized carbons (Fsp3) is 0.625. The quantitative estimate of drug-likeness (QED) is 0.843. The van der Waals surface area contributed by atoms with Crippen molar-refractivity contribution >= 4 is 0 Å². The van der Waals surface area contributed by atoms with Crippen LogP contribution in [0, 0.1) is 11.8 Å². The van der Waals surface area contributed by atoms with E-state index in [4.69, 9.17) is 5.73 Å². The molecule has 2 heteroatoms. The van der Waals surface area contributed by atoms with Crippen LogP contribution in [0.15, 0.2) is 24.3 Å². The van der Waals surface area contributed by atoms with Crippen molar-refractivity contribution in [2.24, 2.45) is 17.6 Å². The monoisotopic (exact) mass is 249 g/mol. The van der Waals surface area contributed by atoms with Gasteiger partial charge >= 0.3 is 0 Å². The fourth-order valence-electron chi connectivity index (χ4n) is 2.17. The van der Waals surface area contributed by atoms with Crippen LogP contribution in [0.5, 0.6) is 0 Å². The summed E-state index contributed by atoms with van der Waals surface area (Å²) in [4.78, 5) is 0. The smallest absolute Gasteiger partial charge is 0.0474 e. The van der Waals surface area contributed by atoms with Crippen LogP contribution >= 0.6 is 0 Å². The van der Waals surface area contributed by atoms with Crippen LogP contribution in [-0.2, 0) is 11.8 Å². The maximum Gasteiger partial charge on any atom is 0.0474 e. The second-order valence-electron chi connectivity index (χ2n) is 6.31. The van der Waals surface area contributed by atoms with Crippen molar-refractivity contribution in [1.29, 1.82) is 0 Å². The molecule has 0 spiro atoms. The lowest BCUT2D eigenvalue weighted by molar-refractivity contribution is 0.187. The lowest BCUT2D eigenvalue weighted by Crippen LogP contribution is -2.26. The Morgan fingerprint density at radius 2 is 1.72 bits per heavy atom. The second kappa shape index (κ2) is 6.35. The topological polar surface area (TPSA) is 46.2 Å². The van der Waals surface area contributed by atoms with Gasteiger partial charge in [0.05, 0.1) is 0 Å². The minimum Gasteiger partial charge on any atom is -0.396 e. The number of rotatable bonds is 5. The summed E-state index contributed by atoms with van der Waals surface area (Å²) in [6.45, 7) is 9.56. The normalized spacial score (nSPS) is 15.4. The molecule has 0 bridgehead atoms. The molecule has 0 aliphatic heterocycles. The van der Waals surface area contributed by atoms with Crippen LogP contribution in [0.2, 0.25) is 0 Å². The Labute approximate surface area is 111 Å². The molecule has 2 atom stereocenters. The van der Waals surface area contributed by atoms with E-state index in [1.807, 2.05) is 0 Å². The van der Waals surface area contributed by atoms with Gasteiger partial charge in [0, 0.05) is 6.61 Å². The van der Waals surface area contributed by atoms with Gasteiger partial charge in [0.2, 0.25) is 0 Å². The molecular weight excluding hydrogens is 222 g/mol. The van der Waals surface area contributed by atoms with Crippen molar-refractivity contribution in [3.8, 4) is 0 Å². The number of benzene rings is 1. The Hall–Kier alpha value is -0.860. The average molecular weight is 249 g/mol. The average Bonchev–Trinajstić information content (AvgIpc) is 2.30. The summed E-state index contributed by atoms with van der Waals surface area (Å²) >= 11 is 0. The summed E-state index contributed by atoms with van der Waals surface area (Å²) < 4.78 is 0. The molecule has 1 aromatic rings. The molecule has 0 aromatic heterocycles. The number of nitrogens with two attached hydrogens (primary N) is 1. The first-order valence-corrected chi connectivity index (χ1v) is 6.78. The van der Waals surface area contributed by atoms with E-state index >= 15 is 0 Å². The van der Waals surface area contributed by atoms with Crippen molar-refractivity contribution < 1.29 is 5.11 Å². The first kappa shape index (κ1) is 15.2. The zero-order valence-electron chi connectivity index (χ0n) is 12.1. The molecule has 18 heavy (non-hydrogen) atoms. The summed E-state index contributed by atoms with van der Waals surface area (Å²) in [6.07, 6.45) is 0.979. The first-order valence-electron chi connectivity index (χ1n) is 6.78. The molecule has 1 rings (SSSR count). The highest BCUT2D eigenvalue weighted by Crippen LogP contribution is 2.23. The van der Waals surface area contributed by atoms with Gasteiger partial charge in [0.25, 0.3) is 0 Å². The third-order valence-corrected chi connectivity index (χ3v) is 3.72. The van der Waals surface area contributed by atoms with Gasteiger partial charge in [-0.3, -0.25) is 0 Å². The predicted molar refractivity (Wildman–Crippen MR) is 77.6 cm³/mol. The van der Waals surface area contributed by atoms with E-state index in [0.29, 0.717) is 12.5 Å². The molecule has 0 aliphatic carbocycles. The molecule has 2 nitrogen and oxygen atoms in total. The third kappa shape index (κ3) is 4.11. The molecule has 0 saturated heterocycles. The van der Waals surface area contributed by atoms with Crippen LogP contribution in [0.1, 0.15) is 38.8 Å². The summed E-state index contributed by atoms with van der Waals surface area (Å²) in [5.74, 6) is 0.618. The largest absolute Gasteiger partial charge is 0.396 e. The third-order valence-electron chi connectivity index (χ3n) is 3.72. The standard InChI is InChI=1S/C16H27NO/c1-12(14(10-17)11-18)9-13-5-7-15(8-6-13)16(2,3)4/h5-8,12,14,18H,9-11,17H2,1-4H3. The number of aliphatic hydroxyl groups excluding tert-OH is 1. The predicted octanol–water partition coefficient (Wildman–Crippen LogP) is 2.73. The van der Waals surface area contributed by atoms with Crippen LogP contribution < -0.4 is 5.73 Å². The molecule has 3 N–H and O–H groups in total. The number of aliphatic hydroxyl groups is 1. The van der Waals surface area contributed by atoms with E-state index in [1.54, 1.807) is 0 Å². The molecule has 2 unspecified atom stereocenters. The van der Waals surface area contributed by atoms with Crippen LogP contribution in [0.3, 0.4) is 0 Å². The maximum atomic E-state index is 9.25. The molecule has 0 radical (unpaired) electrons. The van der Waals surface area contributed by atoms with Crippen LogP contribution in [0.4, 0.5) is 0 Å². The minimum absolute atomic E-state index is 0.178. The highest BCUT2D eigenvalue weighted by Gasteiger charge is 2.16. The Balaban J connectivity index is 2.69. The summed E-state index contributed by atoms with van der Waals surface area (Å²) in [5.41, 5.74) is 8.54. The fourth-order valence-corrected chi connectivity index (χ4v) is 2.17. The molecule has 0 aliphatic rings. The minimum atomic E-state index is 0.178. The number of hydrogen-bond acceptors (Lipinski definition) is 2. The molecule has 0 saturated carbocycles. The number of hydrogen-bond donors (Lipinski definition) is 2. The van der Waals surface area contributed by atoms with Gasteiger partial charge in [0.15, 0.2) is 0 Å². The van der Waals surface area contributed by atoms with E-state index in [1.165, 1.54) is 11.1 Å². The lowest BCUT2D eigenvalue weighted by Gasteiger charge is -2.22. The van der Waals surface area contributed by atoms with Gasteiger partial charge in [-0.15, -0.1) is 0 Å². The van der Waals surface area contributed by atoms with Gasteiger partial charge in [-0.25, -0.2) is 0 Å². The van der Waals surface area contributed by atoms with Crippen LogP contribution in [-0.4, -0.2) is 18.3 Å². The second-order valence-corrected chi connectivity index (χ2v) is 6.31. The molecule has 0 heterocycles.